The number of β-amino-alcohol motifs (C(OH)–C–C–N with tert-alkyl or cyclic N) is 1. The molecule has 4 aromatic carbocycles. The number of aryl methyl sites for hydroxylation is 1. The number of amides is 4. The van der Waals surface area contributed by atoms with E-state index in [1.54, 1.807) is 29.0 Å². The molecule has 0 spiro atoms. The first kappa shape index (κ1) is 73.8. The van der Waals surface area contributed by atoms with E-state index in [2.05, 4.69) is 66.5 Å². The zero-order valence-corrected chi connectivity index (χ0v) is 59.0. The van der Waals surface area contributed by atoms with Gasteiger partial charge >= 0.3 is 5.51 Å². The number of alkyl halides is 3. The van der Waals surface area contributed by atoms with Crippen LogP contribution in [0.2, 0.25) is 5.02 Å². The van der Waals surface area contributed by atoms with Gasteiger partial charge in [0.15, 0.2) is 0 Å². The van der Waals surface area contributed by atoms with E-state index in [9.17, 15) is 54.3 Å². The van der Waals surface area contributed by atoms with Crippen molar-refractivity contribution in [1.29, 1.82) is 0 Å². The fourth-order valence-electron chi connectivity index (χ4n) is 13.2. The van der Waals surface area contributed by atoms with Gasteiger partial charge in [0, 0.05) is 108 Å². The van der Waals surface area contributed by atoms with Crippen LogP contribution in [-0.2, 0) is 40.8 Å². The molecule has 1 aliphatic carbocycles. The minimum Gasteiger partial charge on any atom is -0.391 e. The molecule has 0 saturated carbocycles. The molecule has 3 atom stereocenters. The SMILES string of the molecule is Cc1ncsc1-c1ccc(CNC(=O)[C@@H]2C[C@@H](O)CN2C(=O)[C@@H](NC(=O)CCCCCCCN2CCN(CCCNc3ccc(S(=O)(=O)NC(=O)c4ccc(N5CCN(CC6=C(c7ccc(Cl)cc7)CCC(C)(C)C6)CC5)cc4)cc3S(=O)(=O)C(F)(F)F)CC2)C(C)(C)C)cc1. The zero-order valence-electron chi connectivity index (χ0n) is 55.8. The number of thiazole rings is 1. The van der Waals surface area contributed by atoms with Gasteiger partial charge in [-0.2, -0.15) is 13.2 Å². The Balaban J connectivity index is 0.663. The molecule has 4 heterocycles. The Kier molecular flexibility index (Phi) is 24.6. The molecule has 96 heavy (non-hydrogen) atoms. The quantitative estimate of drug-likeness (QED) is 0.0308. The third-order valence-corrected chi connectivity index (χ3v) is 22.8. The highest BCUT2D eigenvalue weighted by atomic mass is 35.5. The van der Waals surface area contributed by atoms with Crippen LogP contribution in [0.3, 0.4) is 0 Å². The van der Waals surface area contributed by atoms with Crippen LogP contribution in [0.15, 0.2) is 112 Å². The van der Waals surface area contributed by atoms with Crippen molar-refractivity contribution in [3.8, 4) is 10.4 Å². The van der Waals surface area contributed by atoms with Gasteiger partial charge in [0.05, 0.1) is 32.8 Å². The molecule has 3 fully saturated rings. The van der Waals surface area contributed by atoms with Crippen LogP contribution in [0.5, 0.6) is 0 Å². The predicted molar refractivity (Wildman–Crippen MR) is 371 cm³/mol. The monoisotopic (exact) mass is 1400 g/mol. The normalized spacial score (nSPS) is 18.9. The Morgan fingerprint density at radius 2 is 1.41 bits per heavy atom. The van der Waals surface area contributed by atoms with Crippen molar-refractivity contribution in [2.75, 3.05) is 95.3 Å². The van der Waals surface area contributed by atoms with E-state index < -0.39 is 76.3 Å². The molecule has 4 amide bonds. The Bertz CT molecular complexity index is 3780. The van der Waals surface area contributed by atoms with Crippen LogP contribution in [0, 0.1) is 17.8 Å². The van der Waals surface area contributed by atoms with Gasteiger partial charge in [-0.1, -0.05) is 107 Å². The zero-order chi connectivity index (χ0) is 69.2. The van der Waals surface area contributed by atoms with Crippen molar-refractivity contribution < 1.29 is 54.3 Å². The number of sulfone groups is 1. The van der Waals surface area contributed by atoms with Gasteiger partial charge in [0.25, 0.3) is 25.8 Å². The summed E-state index contributed by atoms with van der Waals surface area (Å²) in [5.74, 6) is -2.07. The highest BCUT2D eigenvalue weighted by Crippen LogP contribution is 2.43. The van der Waals surface area contributed by atoms with E-state index in [0.29, 0.717) is 30.5 Å². The smallest absolute Gasteiger partial charge is 0.391 e. The lowest BCUT2D eigenvalue weighted by Crippen LogP contribution is -2.57. The maximum absolute atomic E-state index is 14.1. The molecule has 5 aromatic rings. The maximum atomic E-state index is 14.1. The van der Waals surface area contributed by atoms with Gasteiger partial charge in [-0.15, -0.1) is 11.3 Å². The average Bonchev–Trinajstić information content (AvgIpc) is 0.897. The molecule has 0 unspecified atom stereocenters. The third kappa shape index (κ3) is 19.5. The van der Waals surface area contributed by atoms with Crippen LogP contribution in [0.4, 0.5) is 24.5 Å². The second-order valence-electron chi connectivity index (χ2n) is 27.7. The van der Waals surface area contributed by atoms with Crippen molar-refractivity contribution in [2.45, 2.75) is 152 Å². The van der Waals surface area contributed by atoms with Gasteiger partial charge in [-0.3, -0.25) is 24.1 Å². The Morgan fingerprint density at radius 3 is 2.04 bits per heavy atom. The molecule has 19 nitrogen and oxygen atoms in total. The Morgan fingerprint density at radius 1 is 0.781 bits per heavy atom. The lowest BCUT2D eigenvalue weighted by Gasteiger charge is -2.39. The lowest BCUT2D eigenvalue weighted by molar-refractivity contribution is -0.144. The van der Waals surface area contributed by atoms with Gasteiger partial charge in [-0.05, 0) is 146 Å². The fraction of sp³-hybridized carbons (Fsp3) is 0.529. The molecule has 3 aliphatic heterocycles. The molecule has 9 rings (SSSR count). The van der Waals surface area contributed by atoms with Crippen LogP contribution in [0.25, 0.3) is 16.0 Å². The van der Waals surface area contributed by atoms with Crippen LogP contribution in [-0.4, -0.2) is 179 Å². The first-order valence-corrected chi connectivity index (χ1v) is 37.5. The maximum Gasteiger partial charge on any atom is 0.501 e. The number of piperazine rings is 2. The van der Waals surface area contributed by atoms with E-state index in [1.807, 2.05) is 68.8 Å². The van der Waals surface area contributed by atoms with Crippen molar-refractivity contribution >= 4 is 83.4 Å². The van der Waals surface area contributed by atoms with E-state index in [1.165, 1.54) is 33.7 Å². The van der Waals surface area contributed by atoms with Crippen molar-refractivity contribution in [2.24, 2.45) is 10.8 Å². The third-order valence-electron chi connectivity index (χ3n) is 18.8. The molecular weight excluding hydrogens is 1310 g/mol. The molecule has 522 valence electrons. The van der Waals surface area contributed by atoms with E-state index in [0.717, 1.165) is 150 Å². The summed E-state index contributed by atoms with van der Waals surface area (Å²) in [7, 11) is -10.9. The van der Waals surface area contributed by atoms with Gasteiger partial charge in [0.1, 0.15) is 17.0 Å². The number of halogens is 4. The summed E-state index contributed by atoms with van der Waals surface area (Å²) in [6.45, 7) is 21.0. The molecule has 1 aromatic heterocycles. The predicted octanol–water partition coefficient (Wildman–Crippen LogP) is 10.5. The molecule has 0 bridgehead atoms. The van der Waals surface area contributed by atoms with Gasteiger partial charge < -0.3 is 40.7 Å². The van der Waals surface area contributed by atoms with Gasteiger partial charge in [0.2, 0.25) is 17.7 Å². The van der Waals surface area contributed by atoms with Crippen LogP contribution < -0.4 is 25.6 Å². The molecule has 26 heteroatoms. The van der Waals surface area contributed by atoms with E-state index in [4.69, 9.17) is 11.6 Å². The number of carbonyl (C=O) groups is 4. The average molecular weight is 1410 g/mol. The number of aliphatic hydroxyl groups is 1. The van der Waals surface area contributed by atoms with Gasteiger partial charge in [-0.25, -0.2) is 26.5 Å². The highest BCUT2D eigenvalue weighted by Gasteiger charge is 2.49. The standard InChI is InChI=1S/C70H92ClF3N10O9S3/c1-48-63(94-47-77-48)51-16-14-49(15-17-51)44-76-66(88)60-41-56(85)46-84(60)67(89)64(68(2,3)4)78-62(86)13-10-8-7-9-11-31-80-33-35-81(36-34-80)32-12-30-75-59-27-26-57(42-61(59)95(90,91)70(72,73)74)96(92,93)79-65(87)52-20-24-55(25-21-52)83-39-37-82(38-40-83)45-53-43-69(5,6)29-28-58(53)50-18-22-54(71)23-19-50/h14-27,42,47,56,60,64,75,85H,7-13,28-41,43-46H2,1-6H3,(H,76,88)(H,78,86)(H,79,87)/t56-,60+,64-/m1/s1. The lowest BCUT2D eigenvalue weighted by atomic mass is 9.73. The second-order valence-corrected chi connectivity index (χ2v) is 32.6. The number of hydrogen-bond acceptors (Lipinski definition) is 16. The number of carbonyl (C=O) groups excluding carboxylic acids is 4. The number of hydrogen-bond donors (Lipinski definition) is 5. The number of rotatable bonds is 27. The summed E-state index contributed by atoms with van der Waals surface area (Å²) in [5, 5.41) is 20.0. The topological polar surface area (TPSA) is 234 Å². The summed E-state index contributed by atoms with van der Waals surface area (Å²) in [4.78, 5) is 68.2. The number of unbranched alkanes of at least 4 members (excludes halogenated alkanes) is 4. The minimum absolute atomic E-state index is 0.0126. The first-order chi connectivity index (χ1) is 45.4. The fourth-order valence-corrected chi connectivity index (χ4v) is 16.1. The summed E-state index contributed by atoms with van der Waals surface area (Å²) in [6.07, 6.45) is 7.32. The largest absolute Gasteiger partial charge is 0.501 e. The van der Waals surface area contributed by atoms with E-state index >= 15 is 0 Å². The number of sulfonamides is 1. The number of nitrogens with one attached hydrogen (secondary N) is 4. The molecule has 4 aliphatic rings. The summed E-state index contributed by atoms with van der Waals surface area (Å²) >= 11 is 7.77. The molecule has 3 saturated heterocycles. The Hall–Kier alpha value is -6.45. The number of anilines is 2. The Labute approximate surface area is 572 Å². The van der Waals surface area contributed by atoms with Crippen LogP contribution >= 0.6 is 22.9 Å². The summed E-state index contributed by atoms with van der Waals surface area (Å²) < 4.78 is 97.3. The minimum atomic E-state index is -6.04. The summed E-state index contributed by atoms with van der Waals surface area (Å²) in [6, 6.07) is 22.8. The van der Waals surface area contributed by atoms with Crippen molar-refractivity contribution in [3.63, 3.8) is 0 Å². The molecule has 5 N–H and O–H groups in total. The number of allylic oxidation sites excluding steroid dienone is 1. The number of benzene rings is 4. The number of nitrogens with zero attached hydrogens (tertiary/aromatic N) is 6. The molecular formula is C70H92ClF3N10O9S3. The highest BCUT2D eigenvalue weighted by molar-refractivity contribution is 7.92. The van der Waals surface area contributed by atoms with Crippen molar-refractivity contribution in [1.82, 2.24) is 39.9 Å². The second kappa shape index (κ2) is 32.0. The van der Waals surface area contributed by atoms with Crippen LogP contribution in [0.1, 0.15) is 132 Å². The number of likely N-dealkylation sites (tertiary alicyclic amines) is 1. The number of aromatic nitrogens is 1. The van der Waals surface area contributed by atoms with E-state index in [-0.39, 0.29) is 55.3 Å². The summed E-state index contributed by atoms with van der Waals surface area (Å²) in [5.41, 5.74) is 2.88. The first-order valence-electron chi connectivity index (χ1n) is 33.2. The van der Waals surface area contributed by atoms with Crippen molar-refractivity contribution in [3.05, 3.63) is 129 Å². The number of aliphatic hydroxyl groups excluding tert-OH is 1. The molecule has 0 radical (unpaired) electrons.